The van der Waals surface area contributed by atoms with Crippen molar-refractivity contribution >= 4 is 27.7 Å². The Labute approximate surface area is 125 Å². The Morgan fingerprint density at radius 2 is 2.10 bits per heavy atom. The van der Waals surface area contributed by atoms with Gasteiger partial charge >= 0.3 is 0 Å². The second-order valence-electron chi connectivity index (χ2n) is 5.24. The molecule has 0 radical (unpaired) electrons. The van der Waals surface area contributed by atoms with E-state index in [0.29, 0.717) is 24.9 Å². The molecule has 1 aliphatic rings. The number of aliphatic hydroxyl groups is 1. The first-order valence-corrected chi connectivity index (χ1v) is 7.20. The van der Waals surface area contributed by atoms with Crippen molar-refractivity contribution in [3.05, 3.63) is 33.8 Å². The number of amides is 2. The standard InChI is InChI=1S/C14H17BrN2O3/c1-9-5-10(7-11(15)6-9)12(18)17-4-2-3-14(20,8-17)13(16)19/h5-7,20H,2-4,8H2,1H3,(H2,16,19). The zero-order valence-electron chi connectivity index (χ0n) is 11.2. The lowest BCUT2D eigenvalue weighted by Crippen LogP contribution is -2.57. The molecule has 2 amide bonds. The summed E-state index contributed by atoms with van der Waals surface area (Å²) in [7, 11) is 0. The molecule has 1 aromatic carbocycles. The van der Waals surface area contributed by atoms with Crippen molar-refractivity contribution in [3.63, 3.8) is 0 Å². The number of nitrogens with two attached hydrogens (primary N) is 1. The molecule has 1 aliphatic heterocycles. The van der Waals surface area contributed by atoms with E-state index in [1.54, 1.807) is 12.1 Å². The number of aryl methyl sites for hydroxylation is 1. The number of nitrogens with zero attached hydrogens (tertiary/aromatic N) is 1. The summed E-state index contributed by atoms with van der Waals surface area (Å²) < 4.78 is 0.822. The Bertz CT molecular complexity index is 541. The minimum Gasteiger partial charge on any atom is -0.378 e. The summed E-state index contributed by atoms with van der Waals surface area (Å²) in [5.41, 5.74) is 5.10. The first-order chi connectivity index (χ1) is 9.32. The van der Waals surface area contributed by atoms with Crippen molar-refractivity contribution < 1.29 is 14.7 Å². The van der Waals surface area contributed by atoms with Crippen LogP contribution in [0.4, 0.5) is 0 Å². The highest BCUT2D eigenvalue weighted by molar-refractivity contribution is 9.10. The number of hydrogen-bond donors (Lipinski definition) is 2. The molecule has 0 aromatic heterocycles. The van der Waals surface area contributed by atoms with Gasteiger partial charge in [-0.2, -0.15) is 0 Å². The molecule has 20 heavy (non-hydrogen) atoms. The average Bonchev–Trinajstić information content (AvgIpc) is 2.36. The Hall–Kier alpha value is -1.40. The number of halogens is 1. The second-order valence-corrected chi connectivity index (χ2v) is 6.16. The van der Waals surface area contributed by atoms with Gasteiger partial charge in [-0.25, -0.2) is 0 Å². The number of piperidine rings is 1. The summed E-state index contributed by atoms with van der Waals surface area (Å²) in [5, 5.41) is 10.1. The smallest absolute Gasteiger partial charge is 0.254 e. The molecule has 5 nitrogen and oxygen atoms in total. The number of hydrogen-bond acceptors (Lipinski definition) is 3. The SMILES string of the molecule is Cc1cc(Br)cc(C(=O)N2CCCC(O)(C(N)=O)C2)c1. The lowest BCUT2D eigenvalue weighted by Gasteiger charge is -2.37. The van der Waals surface area contributed by atoms with E-state index in [0.717, 1.165) is 10.0 Å². The van der Waals surface area contributed by atoms with Gasteiger partial charge in [0.15, 0.2) is 5.60 Å². The van der Waals surface area contributed by atoms with Crippen molar-refractivity contribution in [2.45, 2.75) is 25.4 Å². The zero-order valence-corrected chi connectivity index (χ0v) is 12.8. The second kappa shape index (κ2) is 5.54. The Balaban J connectivity index is 2.22. The van der Waals surface area contributed by atoms with Crippen LogP contribution < -0.4 is 5.73 Å². The highest BCUT2D eigenvalue weighted by Crippen LogP contribution is 2.23. The molecule has 1 aromatic rings. The molecule has 3 N–H and O–H groups in total. The van der Waals surface area contributed by atoms with E-state index in [-0.39, 0.29) is 12.5 Å². The highest BCUT2D eigenvalue weighted by Gasteiger charge is 2.40. The van der Waals surface area contributed by atoms with Gasteiger partial charge in [0.2, 0.25) is 0 Å². The van der Waals surface area contributed by atoms with Crippen LogP contribution in [0.2, 0.25) is 0 Å². The van der Waals surface area contributed by atoms with Crippen LogP contribution in [0.5, 0.6) is 0 Å². The third kappa shape index (κ3) is 3.02. The minimum absolute atomic E-state index is 0.0489. The van der Waals surface area contributed by atoms with Gasteiger partial charge < -0.3 is 15.7 Å². The molecule has 0 aliphatic carbocycles. The van der Waals surface area contributed by atoms with Gasteiger partial charge in [0.1, 0.15) is 0 Å². The molecule has 2 rings (SSSR count). The molecule has 6 heteroatoms. The number of rotatable bonds is 2. The predicted molar refractivity (Wildman–Crippen MR) is 78.2 cm³/mol. The summed E-state index contributed by atoms with van der Waals surface area (Å²) in [6.45, 7) is 2.37. The molecule has 1 saturated heterocycles. The van der Waals surface area contributed by atoms with E-state index < -0.39 is 11.5 Å². The van der Waals surface area contributed by atoms with E-state index >= 15 is 0 Å². The van der Waals surface area contributed by atoms with Gasteiger partial charge in [-0.1, -0.05) is 15.9 Å². The number of carbonyl (C=O) groups excluding carboxylic acids is 2. The summed E-state index contributed by atoms with van der Waals surface area (Å²) in [6.07, 6.45) is 0.849. The van der Waals surface area contributed by atoms with Gasteiger partial charge in [0.25, 0.3) is 11.8 Å². The van der Waals surface area contributed by atoms with Gasteiger partial charge in [0.05, 0.1) is 6.54 Å². The lowest BCUT2D eigenvalue weighted by atomic mass is 9.91. The van der Waals surface area contributed by atoms with Crippen LogP contribution >= 0.6 is 15.9 Å². The monoisotopic (exact) mass is 340 g/mol. The van der Waals surface area contributed by atoms with E-state index in [9.17, 15) is 14.7 Å². The molecule has 0 bridgehead atoms. The number of primary amides is 1. The third-order valence-corrected chi connectivity index (χ3v) is 3.96. The zero-order chi connectivity index (χ0) is 14.9. The maximum Gasteiger partial charge on any atom is 0.254 e. The minimum atomic E-state index is -1.62. The topological polar surface area (TPSA) is 83.6 Å². The van der Waals surface area contributed by atoms with Crippen LogP contribution in [-0.4, -0.2) is 40.5 Å². The van der Waals surface area contributed by atoms with E-state index in [1.165, 1.54) is 4.90 Å². The van der Waals surface area contributed by atoms with Gasteiger partial charge in [-0.05, 0) is 43.5 Å². The van der Waals surface area contributed by atoms with Crippen LogP contribution in [0.15, 0.2) is 22.7 Å². The number of carbonyl (C=O) groups is 2. The van der Waals surface area contributed by atoms with Crippen molar-refractivity contribution in [2.75, 3.05) is 13.1 Å². The Morgan fingerprint density at radius 3 is 2.70 bits per heavy atom. The molecule has 1 atom stereocenters. The summed E-state index contributed by atoms with van der Waals surface area (Å²) >= 11 is 3.36. The maximum absolute atomic E-state index is 12.5. The van der Waals surface area contributed by atoms with Crippen molar-refractivity contribution in [3.8, 4) is 0 Å². The van der Waals surface area contributed by atoms with Crippen LogP contribution in [0.25, 0.3) is 0 Å². The van der Waals surface area contributed by atoms with Crippen LogP contribution in [-0.2, 0) is 4.79 Å². The fourth-order valence-corrected chi connectivity index (χ4v) is 3.06. The number of β-amino-alcohol motifs (C(OH)–C–C–N with tert-alkyl or cyclic N) is 1. The van der Waals surface area contributed by atoms with Crippen molar-refractivity contribution in [1.82, 2.24) is 4.90 Å². The first-order valence-electron chi connectivity index (χ1n) is 6.40. The molecule has 1 unspecified atom stereocenters. The number of benzene rings is 1. The largest absolute Gasteiger partial charge is 0.378 e. The third-order valence-electron chi connectivity index (χ3n) is 3.51. The molecular weight excluding hydrogens is 324 g/mol. The molecule has 0 saturated carbocycles. The van der Waals surface area contributed by atoms with E-state index in [4.69, 9.17) is 5.73 Å². The van der Waals surface area contributed by atoms with E-state index in [1.807, 2.05) is 13.0 Å². The molecule has 1 fully saturated rings. The summed E-state index contributed by atoms with van der Waals surface area (Å²) in [4.78, 5) is 25.3. The maximum atomic E-state index is 12.5. The van der Waals surface area contributed by atoms with Crippen molar-refractivity contribution in [1.29, 1.82) is 0 Å². The Morgan fingerprint density at radius 1 is 1.40 bits per heavy atom. The molecule has 108 valence electrons. The quantitative estimate of drug-likeness (QED) is 0.848. The lowest BCUT2D eigenvalue weighted by molar-refractivity contribution is -0.140. The summed E-state index contributed by atoms with van der Waals surface area (Å²) in [6, 6.07) is 5.42. The normalized spacial score (nSPS) is 22.6. The fourth-order valence-electron chi connectivity index (χ4n) is 2.45. The molecular formula is C14H17BrN2O3. The number of likely N-dealkylation sites (tertiary alicyclic amines) is 1. The predicted octanol–water partition coefficient (Wildman–Crippen LogP) is 1.21. The van der Waals surface area contributed by atoms with Crippen molar-refractivity contribution in [2.24, 2.45) is 5.73 Å². The van der Waals surface area contributed by atoms with Crippen LogP contribution in [0.1, 0.15) is 28.8 Å². The molecule has 1 heterocycles. The van der Waals surface area contributed by atoms with Gasteiger partial charge in [-0.3, -0.25) is 9.59 Å². The van der Waals surface area contributed by atoms with Crippen LogP contribution in [0, 0.1) is 6.92 Å². The highest BCUT2D eigenvalue weighted by atomic mass is 79.9. The van der Waals surface area contributed by atoms with Crippen LogP contribution in [0.3, 0.4) is 0 Å². The Kier molecular flexibility index (Phi) is 4.15. The fraction of sp³-hybridized carbons (Fsp3) is 0.429. The average molecular weight is 341 g/mol. The van der Waals surface area contributed by atoms with Gasteiger partial charge in [0, 0.05) is 16.6 Å². The summed E-state index contributed by atoms with van der Waals surface area (Å²) in [5.74, 6) is -0.978. The first kappa shape index (κ1) is 15.0. The van der Waals surface area contributed by atoms with Gasteiger partial charge in [-0.15, -0.1) is 0 Å². The van der Waals surface area contributed by atoms with E-state index in [2.05, 4.69) is 15.9 Å². The molecule has 0 spiro atoms.